The Balaban J connectivity index is 1.72. The summed E-state index contributed by atoms with van der Waals surface area (Å²) in [5.41, 5.74) is 0. The maximum Gasteiger partial charge on any atom is 0.150 e. The molecule has 1 heterocycles. The normalized spacial score (nSPS) is 16.4. The zero-order chi connectivity index (χ0) is 9.10. The fourth-order valence-electron chi connectivity index (χ4n) is 1.29. The number of aryl methyl sites for hydroxylation is 1. The predicted octanol–water partition coefficient (Wildman–Crippen LogP) is 0.662. The van der Waals surface area contributed by atoms with Crippen LogP contribution in [0.1, 0.15) is 31.4 Å². The molecule has 0 radical (unpaired) electrons. The van der Waals surface area contributed by atoms with Gasteiger partial charge in [-0.25, -0.2) is 4.98 Å². The van der Waals surface area contributed by atoms with Crippen LogP contribution in [-0.2, 0) is 12.8 Å². The second-order valence-electron chi connectivity index (χ2n) is 3.53. The average Bonchev–Trinajstić information content (AvgIpc) is 2.84. The van der Waals surface area contributed by atoms with E-state index >= 15 is 0 Å². The predicted molar refractivity (Wildman–Crippen MR) is 50.5 cm³/mol. The van der Waals surface area contributed by atoms with E-state index in [1.54, 1.807) is 0 Å². The molecule has 0 spiro atoms. The Labute approximate surface area is 78.1 Å². The zero-order valence-corrected chi connectivity index (χ0v) is 8.01. The third kappa shape index (κ3) is 2.52. The third-order valence-electron chi connectivity index (χ3n) is 2.27. The van der Waals surface area contributed by atoms with Gasteiger partial charge in [-0.05, 0) is 12.8 Å². The maximum absolute atomic E-state index is 4.34. The van der Waals surface area contributed by atoms with Crippen molar-refractivity contribution in [3.05, 3.63) is 11.6 Å². The summed E-state index contributed by atoms with van der Waals surface area (Å²) in [6, 6.07) is 0.786. The number of aromatic amines is 1. The van der Waals surface area contributed by atoms with Gasteiger partial charge < -0.3 is 5.32 Å². The van der Waals surface area contributed by atoms with Crippen molar-refractivity contribution in [2.75, 3.05) is 6.54 Å². The Morgan fingerprint density at radius 3 is 3.00 bits per heavy atom. The van der Waals surface area contributed by atoms with Gasteiger partial charge in [0.25, 0.3) is 0 Å². The molecule has 1 aliphatic carbocycles. The molecule has 2 rings (SSSR count). The standard InChI is InChI=1S/C9H16N4/c1-2-8-11-9(13-12-8)5-6-10-7-3-4-7/h7,10H,2-6H2,1H3,(H,11,12,13). The Kier molecular flexibility index (Phi) is 2.59. The van der Waals surface area contributed by atoms with Crippen molar-refractivity contribution in [1.82, 2.24) is 20.5 Å². The van der Waals surface area contributed by atoms with Gasteiger partial charge >= 0.3 is 0 Å². The van der Waals surface area contributed by atoms with Crippen molar-refractivity contribution >= 4 is 0 Å². The minimum atomic E-state index is 0.786. The second kappa shape index (κ2) is 3.87. The lowest BCUT2D eigenvalue weighted by Gasteiger charge is -1.98. The minimum Gasteiger partial charge on any atom is -0.314 e. The summed E-state index contributed by atoms with van der Waals surface area (Å²) in [5, 5.41) is 10.5. The van der Waals surface area contributed by atoms with Crippen LogP contribution in [0.5, 0.6) is 0 Å². The van der Waals surface area contributed by atoms with Crippen molar-refractivity contribution in [1.29, 1.82) is 0 Å². The monoisotopic (exact) mass is 180 g/mol. The van der Waals surface area contributed by atoms with Crippen molar-refractivity contribution in [2.45, 2.75) is 38.6 Å². The molecule has 1 fully saturated rings. The molecule has 1 aliphatic rings. The van der Waals surface area contributed by atoms with E-state index in [9.17, 15) is 0 Å². The quantitative estimate of drug-likeness (QED) is 0.700. The van der Waals surface area contributed by atoms with Gasteiger partial charge in [-0.15, -0.1) is 0 Å². The number of hydrogen-bond donors (Lipinski definition) is 2. The molecule has 1 aromatic heterocycles. The smallest absolute Gasteiger partial charge is 0.150 e. The number of H-pyrrole nitrogens is 1. The molecule has 0 atom stereocenters. The molecule has 4 heteroatoms. The van der Waals surface area contributed by atoms with E-state index in [1.165, 1.54) is 12.8 Å². The van der Waals surface area contributed by atoms with Gasteiger partial charge in [-0.1, -0.05) is 6.92 Å². The number of rotatable bonds is 5. The number of nitrogens with one attached hydrogen (secondary N) is 2. The topological polar surface area (TPSA) is 53.6 Å². The Morgan fingerprint density at radius 2 is 2.38 bits per heavy atom. The molecule has 2 N–H and O–H groups in total. The molecule has 0 bridgehead atoms. The number of nitrogens with zero attached hydrogens (tertiary/aromatic N) is 2. The highest BCUT2D eigenvalue weighted by Crippen LogP contribution is 2.18. The first kappa shape index (κ1) is 8.69. The zero-order valence-electron chi connectivity index (χ0n) is 8.01. The summed E-state index contributed by atoms with van der Waals surface area (Å²) in [6.07, 6.45) is 4.56. The van der Waals surface area contributed by atoms with E-state index in [4.69, 9.17) is 0 Å². The molecule has 0 unspecified atom stereocenters. The minimum absolute atomic E-state index is 0.786. The van der Waals surface area contributed by atoms with Crippen LogP contribution in [0.4, 0.5) is 0 Å². The molecule has 1 aromatic rings. The summed E-state index contributed by atoms with van der Waals surface area (Å²) in [6.45, 7) is 3.08. The van der Waals surface area contributed by atoms with Crippen LogP contribution >= 0.6 is 0 Å². The largest absolute Gasteiger partial charge is 0.314 e. The van der Waals surface area contributed by atoms with Crippen LogP contribution in [-0.4, -0.2) is 27.8 Å². The van der Waals surface area contributed by atoms with Gasteiger partial charge in [0.2, 0.25) is 0 Å². The van der Waals surface area contributed by atoms with Crippen LogP contribution in [0, 0.1) is 0 Å². The summed E-state index contributed by atoms with van der Waals surface area (Å²) in [5.74, 6) is 1.92. The highest BCUT2D eigenvalue weighted by atomic mass is 15.2. The van der Waals surface area contributed by atoms with Crippen molar-refractivity contribution in [2.24, 2.45) is 0 Å². The van der Waals surface area contributed by atoms with Crippen molar-refractivity contribution in [3.63, 3.8) is 0 Å². The Hall–Kier alpha value is -0.900. The Morgan fingerprint density at radius 1 is 1.54 bits per heavy atom. The van der Waals surface area contributed by atoms with E-state index < -0.39 is 0 Å². The van der Waals surface area contributed by atoms with Crippen LogP contribution in [0.25, 0.3) is 0 Å². The lowest BCUT2D eigenvalue weighted by Crippen LogP contribution is -2.19. The average molecular weight is 180 g/mol. The SMILES string of the molecule is CCc1n[nH]c(CCNC2CC2)n1. The van der Waals surface area contributed by atoms with Gasteiger partial charge in [0.05, 0.1) is 0 Å². The molecule has 0 amide bonds. The van der Waals surface area contributed by atoms with Crippen LogP contribution in [0.2, 0.25) is 0 Å². The van der Waals surface area contributed by atoms with Crippen LogP contribution in [0.15, 0.2) is 0 Å². The summed E-state index contributed by atoms with van der Waals surface area (Å²) >= 11 is 0. The van der Waals surface area contributed by atoms with E-state index in [0.29, 0.717) is 0 Å². The van der Waals surface area contributed by atoms with Gasteiger partial charge in [0.15, 0.2) is 0 Å². The first-order chi connectivity index (χ1) is 6.38. The molecule has 72 valence electrons. The second-order valence-corrected chi connectivity index (χ2v) is 3.53. The van der Waals surface area contributed by atoms with Crippen LogP contribution in [0.3, 0.4) is 0 Å². The van der Waals surface area contributed by atoms with E-state index in [-0.39, 0.29) is 0 Å². The fourth-order valence-corrected chi connectivity index (χ4v) is 1.29. The van der Waals surface area contributed by atoms with E-state index in [2.05, 4.69) is 27.4 Å². The third-order valence-corrected chi connectivity index (χ3v) is 2.27. The van der Waals surface area contributed by atoms with Crippen molar-refractivity contribution < 1.29 is 0 Å². The van der Waals surface area contributed by atoms with E-state index in [0.717, 1.165) is 37.1 Å². The fraction of sp³-hybridized carbons (Fsp3) is 0.778. The maximum atomic E-state index is 4.34. The first-order valence-corrected chi connectivity index (χ1v) is 5.02. The van der Waals surface area contributed by atoms with Crippen LogP contribution < -0.4 is 5.32 Å². The number of hydrogen-bond acceptors (Lipinski definition) is 3. The van der Waals surface area contributed by atoms with Crippen molar-refractivity contribution in [3.8, 4) is 0 Å². The molecule has 13 heavy (non-hydrogen) atoms. The lowest BCUT2D eigenvalue weighted by molar-refractivity contribution is 0.667. The molecule has 0 aliphatic heterocycles. The van der Waals surface area contributed by atoms with Gasteiger partial charge in [0.1, 0.15) is 11.6 Å². The van der Waals surface area contributed by atoms with Gasteiger partial charge in [-0.2, -0.15) is 5.10 Å². The molecule has 0 saturated heterocycles. The van der Waals surface area contributed by atoms with E-state index in [1.807, 2.05) is 0 Å². The molecular formula is C9H16N4. The highest BCUT2D eigenvalue weighted by molar-refractivity contribution is 4.91. The lowest BCUT2D eigenvalue weighted by atomic mass is 10.4. The highest BCUT2D eigenvalue weighted by Gasteiger charge is 2.19. The Bertz CT molecular complexity index is 264. The molecule has 1 saturated carbocycles. The molecular weight excluding hydrogens is 164 g/mol. The van der Waals surface area contributed by atoms with Gasteiger partial charge in [-0.3, -0.25) is 5.10 Å². The van der Waals surface area contributed by atoms with Gasteiger partial charge in [0, 0.05) is 25.4 Å². The number of aromatic nitrogens is 3. The summed E-state index contributed by atoms with van der Waals surface area (Å²) in [7, 11) is 0. The first-order valence-electron chi connectivity index (χ1n) is 5.02. The molecule has 4 nitrogen and oxygen atoms in total. The molecule has 0 aromatic carbocycles. The summed E-state index contributed by atoms with van der Waals surface area (Å²) < 4.78 is 0. The summed E-state index contributed by atoms with van der Waals surface area (Å²) in [4.78, 5) is 4.34.